The van der Waals surface area contributed by atoms with Crippen molar-refractivity contribution in [2.45, 2.75) is 43.3 Å². The lowest BCUT2D eigenvalue weighted by Crippen LogP contribution is -2.27. The van der Waals surface area contributed by atoms with E-state index in [1.165, 1.54) is 0 Å². The van der Waals surface area contributed by atoms with Crippen LogP contribution in [0.2, 0.25) is 0 Å². The summed E-state index contributed by atoms with van der Waals surface area (Å²) < 4.78 is 14.0. The molecule has 5 nitrogen and oxygen atoms in total. The summed E-state index contributed by atoms with van der Waals surface area (Å²) >= 11 is 0. The molecule has 1 aliphatic carbocycles. The Balaban J connectivity index is 2.09. The summed E-state index contributed by atoms with van der Waals surface area (Å²) in [6.45, 7) is 0. The first-order valence-corrected chi connectivity index (χ1v) is 8.35. The van der Waals surface area contributed by atoms with Crippen LogP contribution < -0.4 is 5.56 Å². The van der Waals surface area contributed by atoms with Gasteiger partial charge in [-0.25, -0.2) is 9.97 Å². The standard InChI is InChI=1S/C14H15N3O2S/c18-13-9-5-6-20(19)14-15-8-10(7-9)12(16-14)17(13)11-3-1-2-4-11/h7-8,11H,1-6H2. The van der Waals surface area contributed by atoms with Gasteiger partial charge in [0.1, 0.15) is 5.65 Å². The molecule has 1 saturated carbocycles. The van der Waals surface area contributed by atoms with E-state index in [1.54, 1.807) is 6.20 Å². The Morgan fingerprint density at radius 3 is 2.90 bits per heavy atom. The molecule has 0 spiro atoms. The maximum absolute atomic E-state index is 12.7. The molecule has 4 heterocycles. The zero-order chi connectivity index (χ0) is 13.7. The molecule has 5 rings (SSSR count). The van der Waals surface area contributed by atoms with Crippen LogP contribution in [0.25, 0.3) is 11.0 Å². The van der Waals surface area contributed by atoms with Crippen LogP contribution in [0, 0.1) is 0 Å². The van der Waals surface area contributed by atoms with Crippen molar-refractivity contribution in [3.8, 4) is 0 Å². The zero-order valence-corrected chi connectivity index (χ0v) is 11.9. The number of hydrogen-bond acceptors (Lipinski definition) is 4. The minimum Gasteiger partial charge on any atom is -0.289 e. The van der Waals surface area contributed by atoms with Crippen molar-refractivity contribution in [1.82, 2.24) is 14.5 Å². The molecule has 20 heavy (non-hydrogen) atoms. The summed E-state index contributed by atoms with van der Waals surface area (Å²) in [6.07, 6.45) is 6.62. The molecule has 6 heteroatoms. The van der Waals surface area contributed by atoms with Crippen LogP contribution in [0.1, 0.15) is 37.3 Å². The predicted molar refractivity (Wildman–Crippen MR) is 76.3 cm³/mol. The number of pyridine rings is 1. The van der Waals surface area contributed by atoms with E-state index < -0.39 is 10.8 Å². The minimum absolute atomic E-state index is 0.0490. The number of aryl methyl sites for hydroxylation is 1. The molecule has 1 unspecified atom stereocenters. The third kappa shape index (κ3) is 1.74. The molecule has 104 valence electrons. The molecule has 2 aromatic rings. The lowest BCUT2D eigenvalue weighted by molar-refractivity contribution is 0.512. The van der Waals surface area contributed by atoms with Crippen molar-refractivity contribution in [1.29, 1.82) is 0 Å². The Labute approximate surface area is 118 Å². The molecular formula is C14H15N3O2S. The molecule has 0 saturated heterocycles. The number of rotatable bonds is 1. The van der Waals surface area contributed by atoms with E-state index in [-0.39, 0.29) is 11.6 Å². The highest BCUT2D eigenvalue weighted by atomic mass is 32.2. The van der Waals surface area contributed by atoms with Crippen molar-refractivity contribution >= 4 is 21.8 Å². The second kappa shape index (κ2) is 4.48. The Hall–Kier alpha value is -1.56. The van der Waals surface area contributed by atoms with Gasteiger partial charge >= 0.3 is 0 Å². The summed E-state index contributed by atoms with van der Waals surface area (Å²) in [5.74, 6) is 0.423. The van der Waals surface area contributed by atoms with Gasteiger partial charge in [-0.15, -0.1) is 0 Å². The van der Waals surface area contributed by atoms with Crippen LogP contribution in [-0.2, 0) is 17.2 Å². The summed E-state index contributed by atoms with van der Waals surface area (Å²) in [6, 6.07) is 2.11. The highest BCUT2D eigenvalue weighted by Gasteiger charge is 2.24. The van der Waals surface area contributed by atoms with Gasteiger partial charge in [-0.05, 0) is 25.3 Å². The fourth-order valence-corrected chi connectivity index (χ4v) is 4.19. The van der Waals surface area contributed by atoms with Gasteiger partial charge < -0.3 is 0 Å². The van der Waals surface area contributed by atoms with Crippen molar-refractivity contribution in [2.24, 2.45) is 0 Å². The molecule has 1 fully saturated rings. The van der Waals surface area contributed by atoms with E-state index in [1.807, 2.05) is 10.6 Å². The highest BCUT2D eigenvalue weighted by molar-refractivity contribution is 7.84. The first-order chi connectivity index (χ1) is 9.74. The number of aromatic nitrogens is 3. The topological polar surface area (TPSA) is 64.8 Å². The normalized spacial score (nSPS) is 22.5. The minimum atomic E-state index is -1.21. The molecule has 0 aromatic carbocycles. The molecule has 0 amide bonds. The van der Waals surface area contributed by atoms with Crippen LogP contribution in [0.3, 0.4) is 0 Å². The predicted octanol–water partition coefficient (Wildman–Crippen LogP) is 1.57. The third-order valence-electron chi connectivity index (χ3n) is 4.28. The third-order valence-corrected chi connectivity index (χ3v) is 5.45. The average molecular weight is 289 g/mol. The second-order valence-electron chi connectivity index (χ2n) is 5.51. The Morgan fingerprint density at radius 2 is 2.10 bits per heavy atom. The SMILES string of the molecule is O=c1c2cc3cnc(nc3n1C1CCCC1)S(=O)CC2. The number of nitrogens with zero attached hydrogens (tertiary/aromatic N) is 3. The molecule has 0 N–H and O–H groups in total. The maximum atomic E-state index is 12.7. The van der Waals surface area contributed by atoms with Crippen LogP contribution in [0.5, 0.6) is 0 Å². The van der Waals surface area contributed by atoms with E-state index in [2.05, 4.69) is 9.97 Å². The fourth-order valence-electron chi connectivity index (χ4n) is 3.25. The molecule has 4 bridgehead atoms. The molecular weight excluding hydrogens is 274 g/mol. The summed E-state index contributed by atoms with van der Waals surface area (Å²) in [7, 11) is -1.21. The van der Waals surface area contributed by atoms with Crippen LogP contribution in [-0.4, -0.2) is 24.5 Å². The maximum Gasteiger partial charge on any atom is 0.255 e. The lowest BCUT2D eigenvalue weighted by atomic mass is 10.1. The van der Waals surface area contributed by atoms with Gasteiger partial charge in [0.25, 0.3) is 5.56 Å². The number of fused-ring (bicyclic) bond motifs is 4. The summed E-state index contributed by atoms with van der Waals surface area (Å²) in [5.41, 5.74) is 1.45. The second-order valence-corrected chi connectivity index (χ2v) is 6.98. The first kappa shape index (κ1) is 12.2. The largest absolute Gasteiger partial charge is 0.289 e. The van der Waals surface area contributed by atoms with Gasteiger partial charge in [0.05, 0.1) is 10.8 Å². The van der Waals surface area contributed by atoms with E-state index in [4.69, 9.17) is 0 Å². The van der Waals surface area contributed by atoms with Gasteiger partial charge in [0.2, 0.25) is 5.16 Å². The van der Waals surface area contributed by atoms with Crippen molar-refractivity contribution in [2.75, 3.05) is 5.75 Å². The van der Waals surface area contributed by atoms with Gasteiger partial charge in [0, 0.05) is 28.9 Å². The smallest absolute Gasteiger partial charge is 0.255 e. The van der Waals surface area contributed by atoms with Gasteiger partial charge in [-0.3, -0.25) is 13.6 Å². The van der Waals surface area contributed by atoms with Crippen molar-refractivity contribution < 1.29 is 4.21 Å². The van der Waals surface area contributed by atoms with E-state index in [9.17, 15) is 9.00 Å². The highest BCUT2D eigenvalue weighted by Crippen LogP contribution is 2.31. The Bertz CT molecular complexity index is 778. The van der Waals surface area contributed by atoms with Gasteiger partial charge in [-0.1, -0.05) is 12.8 Å². The molecule has 2 aromatic heterocycles. The molecule has 2 aliphatic heterocycles. The quantitative estimate of drug-likeness (QED) is 0.748. The number of hydrogen-bond donors (Lipinski definition) is 0. The average Bonchev–Trinajstić information content (AvgIpc) is 3.00. The van der Waals surface area contributed by atoms with Crippen LogP contribution in [0.15, 0.2) is 22.2 Å². The van der Waals surface area contributed by atoms with Crippen molar-refractivity contribution in [3.05, 3.63) is 28.2 Å². The van der Waals surface area contributed by atoms with Crippen LogP contribution >= 0.6 is 0 Å². The molecule has 0 radical (unpaired) electrons. The molecule has 3 aliphatic rings. The van der Waals surface area contributed by atoms with Crippen molar-refractivity contribution in [3.63, 3.8) is 0 Å². The zero-order valence-electron chi connectivity index (χ0n) is 11.0. The Morgan fingerprint density at radius 1 is 1.30 bits per heavy atom. The lowest BCUT2D eigenvalue weighted by Gasteiger charge is -2.16. The van der Waals surface area contributed by atoms with E-state index in [0.29, 0.717) is 23.0 Å². The summed E-state index contributed by atoms with van der Waals surface area (Å²) in [4.78, 5) is 21.3. The van der Waals surface area contributed by atoms with Gasteiger partial charge in [0.15, 0.2) is 0 Å². The monoisotopic (exact) mass is 289 g/mol. The first-order valence-electron chi connectivity index (χ1n) is 7.03. The molecule has 1 atom stereocenters. The van der Waals surface area contributed by atoms with Crippen LogP contribution in [0.4, 0.5) is 0 Å². The van der Waals surface area contributed by atoms with E-state index >= 15 is 0 Å². The summed E-state index contributed by atoms with van der Waals surface area (Å²) in [5, 5.41) is 1.24. The van der Waals surface area contributed by atoms with E-state index in [0.717, 1.165) is 36.6 Å². The fraction of sp³-hybridized carbons (Fsp3) is 0.500. The van der Waals surface area contributed by atoms with Gasteiger partial charge in [-0.2, -0.15) is 0 Å². The Kier molecular flexibility index (Phi) is 2.73.